The van der Waals surface area contributed by atoms with Crippen molar-refractivity contribution >= 4 is 17.2 Å². The van der Waals surface area contributed by atoms with Crippen molar-refractivity contribution in [1.82, 2.24) is 14.7 Å². The fourth-order valence-electron chi connectivity index (χ4n) is 3.59. The largest absolute Gasteiger partial charge is 0.378 e. The Morgan fingerprint density at radius 1 is 1.35 bits per heavy atom. The summed E-state index contributed by atoms with van der Waals surface area (Å²) >= 11 is 1.58. The van der Waals surface area contributed by atoms with Crippen LogP contribution in [0.3, 0.4) is 0 Å². The van der Waals surface area contributed by atoms with Crippen LogP contribution in [0.2, 0.25) is 0 Å². The number of likely N-dealkylation sites (N-methyl/N-ethyl adjacent to an activating group) is 1. The summed E-state index contributed by atoms with van der Waals surface area (Å²) in [6.45, 7) is 6.45. The summed E-state index contributed by atoms with van der Waals surface area (Å²) < 4.78 is 5.81. The topological polar surface area (TPSA) is 36.0 Å². The van der Waals surface area contributed by atoms with E-state index in [9.17, 15) is 4.79 Å². The lowest BCUT2D eigenvalue weighted by atomic mass is 9.85. The first-order valence-electron chi connectivity index (χ1n) is 8.40. The number of rotatable bonds is 4. The minimum atomic E-state index is 0.125. The predicted molar refractivity (Wildman–Crippen MR) is 93.1 cm³/mol. The Balaban J connectivity index is 1.62. The Morgan fingerprint density at radius 3 is 2.78 bits per heavy atom. The lowest BCUT2D eigenvalue weighted by Crippen LogP contribution is -2.62. The minimum Gasteiger partial charge on any atom is -0.378 e. The van der Waals surface area contributed by atoms with E-state index in [0.29, 0.717) is 0 Å². The Morgan fingerprint density at radius 2 is 2.13 bits per heavy atom. The van der Waals surface area contributed by atoms with E-state index in [-0.39, 0.29) is 11.4 Å². The number of hydrogen-bond donors (Lipinski definition) is 0. The molecule has 5 nitrogen and oxygen atoms in total. The van der Waals surface area contributed by atoms with Gasteiger partial charge in [-0.05, 0) is 38.4 Å². The van der Waals surface area contributed by atoms with Crippen LogP contribution >= 0.6 is 11.3 Å². The highest BCUT2D eigenvalue weighted by Crippen LogP contribution is 2.32. The number of likely N-dealkylation sites (tertiary alicyclic amines) is 1. The maximum Gasteiger partial charge on any atom is 0.254 e. The average molecular weight is 337 g/mol. The van der Waals surface area contributed by atoms with Gasteiger partial charge in [0.25, 0.3) is 5.91 Å². The third-order valence-corrected chi connectivity index (χ3v) is 5.80. The molecule has 0 N–H and O–H groups in total. The molecule has 1 aromatic rings. The van der Waals surface area contributed by atoms with Gasteiger partial charge < -0.3 is 14.5 Å². The van der Waals surface area contributed by atoms with E-state index in [1.54, 1.807) is 11.3 Å². The first kappa shape index (κ1) is 16.9. The SMILES string of the molecule is CN(C)CCN1CCOCC12CCN(C(=O)c1ccsc1)CC2. The van der Waals surface area contributed by atoms with Gasteiger partial charge in [-0.3, -0.25) is 9.69 Å². The predicted octanol–water partition coefficient (Wildman–Crippen LogP) is 1.62. The molecule has 0 bridgehead atoms. The number of piperidine rings is 1. The Bertz CT molecular complexity index is 510. The second kappa shape index (κ2) is 7.30. The molecule has 3 heterocycles. The molecule has 0 atom stereocenters. The van der Waals surface area contributed by atoms with Gasteiger partial charge in [0.2, 0.25) is 0 Å². The smallest absolute Gasteiger partial charge is 0.254 e. The molecule has 6 heteroatoms. The van der Waals surface area contributed by atoms with Gasteiger partial charge in [0.1, 0.15) is 0 Å². The highest BCUT2D eigenvalue weighted by Gasteiger charge is 2.42. The first-order chi connectivity index (χ1) is 11.1. The Hall–Kier alpha value is -0.950. The fraction of sp³-hybridized carbons (Fsp3) is 0.706. The zero-order chi connectivity index (χ0) is 16.3. The lowest BCUT2D eigenvalue weighted by molar-refractivity contribution is -0.0927. The van der Waals surface area contributed by atoms with Crippen molar-refractivity contribution < 1.29 is 9.53 Å². The monoisotopic (exact) mass is 337 g/mol. The normalized spacial score (nSPS) is 22.0. The number of nitrogens with zero attached hydrogens (tertiary/aromatic N) is 3. The van der Waals surface area contributed by atoms with Crippen molar-refractivity contribution in [3.8, 4) is 0 Å². The molecule has 0 saturated carbocycles. The van der Waals surface area contributed by atoms with Gasteiger partial charge in [0.05, 0.1) is 18.8 Å². The summed E-state index contributed by atoms with van der Waals surface area (Å²) in [5.74, 6) is 0.178. The molecule has 0 aromatic carbocycles. The van der Waals surface area contributed by atoms with Gasteiger partial charge in [0, 0.05) is 43.6 Å². The van der Waals surface area contributed by atoms with Gasteiger partial charge in [-0.1, -0.05) is 0 Å². The molecule has 2 fully saturated rings. The maximum atomic E-state index is 12.5. The first-order valence-corrected chi connectivity index (χ1v) is 9.34. The molecular formula is C17H27N3O2S. The molecule has 1 amide bonds. The van der Waals surface area contributed by atoms with E-state index in [1.807, 2.05) is 21.7 Å². The van der Waals surface area contributed by atoms with Crippen LogP contribution in [0.4, 0.5) is 0 Å². The molecule has 3 rings (SSSR count). The van der Waals surface area contributed by atoms with E-state index in [1.165, 1.54) is 0 Å². The van der Waals surface area contributed by atoms with Crippen LogP contribution in [0, 0.1) is 0 Å². The molecule has 2 aliphatic rings. The summed E-state index contributed by atoms with van der Waals surface area (Å²) in [5.41, 5.74) is 0.954. The number of thiophene rings is 1. The molecule has 1 aromatic heterocycles. The highest BCUT2D eigenvalue weighted by atomic mass is 32.1. The second-order valence-electron chi connectivity index (χ2n) is 6.87. The summed E-state index contributed by atoms with van der Waals surface area (Å²) in [6, 6.07) is 1.92. The maximum absolute atomic E-state index is 12.5. The number of amides is 1. The Labute approximate surface area is 142 Å². The summed E-state index contributed by atoms with van der Waals surface area (Å²) in [6.07, 6.45) is 2.02. The van der Waals surface area contributed by atoms with Crippen LogP contribution in [0.15, 0.2) is 16.8 Å². The minimum absolute atomic E-state index is 0.125. The molecular weight excluding hydrogens is 310 g/mol. The van der Waals surface area contributed by atoms with Crippen molar-refractivity contribution in [2.45, 2.75) is 18.4 Å². The third kappa shape index (κ3) is 3.76. The molecule has 0 radical (unpaired) electrons. The van der Waals surface area contributed by atoms with E-state index in [0.717, 1.165) is 64.3 Å². The number of hydrogen-bond acceptors (Lipinski definition) is 5. The zero-order valence-corrected chi connectivity index (χ0v) is 15.0. The highest BCUT2D eigenvalue weighted by molar-refractivity contribution is 7.08. The van der Waals surface area contributed by atoms with Crippen LogP contribution in [0.25, 0.3) is 0 Å². The summed E-state index contributed by atoms with van der Waals surface area (Å²) in [7, 11) is 4.24. The van der Waals surface area contributed by atoms with E-state index in [2.05, 4.69) is 23.9 Å². The Kier molecular flexibility index (Phi) is 5.36. The standard InChI is InChI=1S/C17H27N3O2S/c1-18(2)8-9-20-10-11-22-14-17(20)4-6-19(7-5-17)16(21)15-3-12-23-13-15/h3,12-13H,4-11,14H2,1-2H3. The molecule has 23 heavy (non-hydrogen) atoms. The van der Waals surface area contributed by atoms with Crippen LogP contribution in [0.5, 0.6) is 0 Å². The number of carbonyl (C=O) groups is 1. The number of morpholine rings is 1. The van der Waals surface area contributed by atoms with Gasteiger partial charge in [-0.25, -0.2) is 0 Å². The van der Waals surface area contributed by atoms with E-state index < -0.39 is 0 Å². The molecule has 2 saturated heterocycles. The fourth-order valence-corrected chi connectivity index (χ4v) is 4.22. The van der Waals surface area contributed by atoms with Gasteiger partial charge in [0.15, 0.2) is 0 Å². The van der Waals surface area contributed by atoms with Crippen LogP contribution in [-0.2, 0) is 4.74 Å². The number of ether oxygens (including phenoxy) is 1. The molecule has 2 aliphatic heterocycles. The van der Waals surface area contributed by atoms with Gasteiger partial charge in [-0.15, -0.1) is 0 Å². The summed E-state index contributed by atoms with van der Waals surface area (Å²) in [5, 5.41) is 3.91. The van der Waals surface area contributed by atoms with Crippen LogP contribution < -0.4 is 0 Å². The van der Waals surface area contributed by atoms with Crippen molar-refractivity contribution in [2.24, 2.45) is 0 Å². The van der Waals surface area contributed by atoms with E-state index >= 15 is 0 Å². The average Bonchev–Trinajstić information content (AvgIpc) is 3.08. The molecule has 1 spiro atoms. The van der Waals surface area contributed by atoms with Gasteiger partial charge in [-0.2, -0.15) is 11.3 Å². The van der Waals surface area contributed by atoms with E-state index in [4.69, 9.17) is 4.74 Å². The molecule has 0 aliphatic carbocycles. The zero-order valence-electron chi connectivity index (χ0n) is 14.2. The second-order valence-corrected chi connectivity index (χ2v) is 7.65. The van der Waals surface area contributed by atoms with Crippen molar-refractivity contribution in [3.05, 3.63) is 22.4 Å². The summed E-state index contributed by atoms with van der Waals surface area (Å²) in [4.78, 5) is 19.4. The van der Waals surface area contributed by atoms with Crippen LogP contribution in [0.1, 0.15) is 23.2 Å². The quantitative estimate of drug-likeness (QED) is 0.836. The third-order valence-electron chi connectivity index (χ3n) is 5.11. The number of carbonyl (C=O) groups excluding carboxylic acids is 1. The van der Waals surface area contributed by atoms with Crippen LogP contribution in [-0.4, -0.2) is 86.2 Å². The van der Waals surface area contributed by atoms with Gasteiger partial charge >= 0.3 is 0 Å². The van der Waals surface area contributed by atoms with Crippen molar-refractivity contribution in [2.75, 3.05) is 60.0 Å². The molecule has 0 unspecified atom stereocenters. The van der Waals surface area contributed by atoms with Crippen molar-refractivity contribution in [3.63, 3.8) is 0 Å². The molecule has 128 valence electrons. The lowest BCUT2D eigenvalue weighted by Gasteiger charge is -2.51. The van der Waals surface area contributed by atoms with Crippen molar-refractivity contribution in [1.29, 1.82) is 0 Å².